The smallest absolute Gasteiger partial charge is 0.180 e. The summed E-state index contributed by atoms with van der Waals surface area (Å²) in [5.41, 5.74) is 8.38. The summed E-state index contributed by atoms with van der Waals surface area (Å²) in [6.45, 7) is 3.16. The molecule has 3 rings (SSSR count). The molecule has 1 saturated carbocycles. The zero-order valence-electron chi connectivity index (χ0n) is 9.88. The van der Waals surface area contributed by atoms with Gasteiger partial charge < -0.3 is 15.2 Å². The lowest BCUT2D eigenvalue weighted by molar-refractivity contribution is 0.171. The van der Waals surface area contributed by atoms with Crippen LogP contribution in [0.2, 0.25) is 5.02 Å². The van der Waals surface area contributed by atoms with Crippen molar-refractivity contribution in [3.63, 3.8) is 0 Å². The van der Waals surface area contributed by atoms with E-state index in [2.05, 4.69) is 0 Å². The maximum Gasteiger partial charge on any atom is 0.180 e. The maximum atomic E-state index is 6.32. The third-order valence-electron chi connectivity index (χ3n) is 3.56. The summed E-state index contributed by atoms with van der Waals surface area (Å²) < 4.78 is 11.1. The summed E-state index contributed by atoms with van der Waals surface area (Å²) in [6.07, 6.45) is 3.06. The number of fused-ring (bicyclic) bond motifs is 1. The van der Waals surface area contributed by atoms with E-state index >= 15 is 0 Å². The lowest BCUT2D eigenvalue weighted by atomic mass is 9.99. The van der Waals surface area contributed by atoms with Crippen molar-refractivity contribution in [2.24, 2.45) is 5.73 Å². The molecule has 17 heavy (non-hydrogen) atoms. The third kappa shape index (κ3) is 1.98. The Balaban J connectivity index is 2.01. The molecule has 0 unspecified atom stereocenters. The van der Waals surface area contributed by atoms with Crippen LogP contribution in [0.3, 0.4) is 0 Å². The Morgan fingerprint density at radius 3 is 2.76 bits per heavy atom. The van der Waals surface area contributed by atoms with Gasteiger partial charge in [0.15, 0.2) is 11.5 Å². The highest BCUT2D eigenvalue weighted by molar-refractivity contribution is 6.33. The summed E-state index contributed by atoms with van der Waals surface area (Å²) in [7, 11) is 0. The van der Waals surface area contributed by atoms with Crippen LogP contribution in [-0.4, -0.2) is 18.8 Å². The molecule has 1 aromatic carbocycles. The molecule has 0 aromatic heterocycles. The minimum Gasteiger partial charge on any atom is -0.486 e. The summed E-state index contributed by atoms with van der Waals surface area (Å²) >= 11 is 6.32. The van der Waals surface area contributed by atoms with Gasteiger partial charge in [-0.1, -0.05) is 11.6 Å². The minimum absolute atomic E-state index is 0.0160. The molecular weight excluding hydrogens is 238 g/mol. The largest absolute Gasteiger partial charge is 0.486 e. The number of hydrogen-bond donors (Lipinski definition) is 1. The molecule has 0 radical (unpaired) electrons. The van der Waals surface area contributed by atoms with Crippen molar-refractivity contribution in [3.05, 3.63) is 22.2 Å². The summed E-state index contributed by atoms with van der Waals surface area (Å²) in [5.74, 6) is 1.44. The second kappa shape index (κ2) is 3.79. The quantitative estimate of drug-likeness (QED) is 0.881. The zero-order chi connectivity index (χ0) is 12.0. The van der Waals surface area contributed by atoms with Crippen LogP contribution in [-0.2, 0) is 6.42 Å². The summed E-state index contributed by atoms with van der Waals surface area (Å²) in [4.78, 5) is 0. The molecule has 92 valence electrons. The lowest BCUT2D eigenvalue weighted by Gasteiger charge is -2.23. The summed E-state index contributed by atoms with van der Waals surface area (Å²) in [6, 6.07) is 2.03. The molecule has 4 heteroatoms. The third-order valence-corrected chi connectivity index (χ3v) is 4.02. The first-order valence-corrected chi connectivity index (χ1v) is 6.33. The van der Waals surface area contributed by atoms with E-state index in [1.165, 1.54) is 5.56 Å². The molecule has 0 saturated heterocycles. The molecule has 1 heterocycles. The highest BCUT2D eigenvalue weighted by atomic mass is 35.5. The van der Waals surface area contributed by atoms with Crippen molar-refractivity contribution in [2.75, 3.05) is 13.2 Å². The molecule has 0 bridgehead atoms. The minimum atomic E-state index is -0.0160. The Morgan fingerprint density at radius 2 is 2.06 bits per heavy atom. The first-order chi connectivity index (χ1) is 8.09. The van der Waals surface area contributed by atoms with E-state index in [-0.39, 0.29) is 5.54 Å². The van der Waals surface area contributed by atoms with Crippen molar-refractivity contribution in [2.45, 2.75) is 31.7 Å². The Labute approximate surface area is 106 Å². The zero-order valence-corrected chi connectivity index (χ0v) is 10.6. The molecular formula is C13H16ClNO2. The standard InChI is InChI=1S/C13H16ClNO2/c1-8-9(7-13(15)2-3-13)6-10-12(11(8)14)17-5-4-16-10/h6H,2-5,7,15H2,1H3. The Kier molecular flexibility index (Phi) is 2.49. The average molecular weight is 254 g/mol. The highest BCUT2D eigenvalue weighted by Gasteiger charge is 2.39. The van der Waals surface area contributed by atoms with Crippen LogP contribution in [0.4, 0.5) is 0 Å². The van der Waals surface area contributed by atoms with Crippen molar-refractivity contribution >= 4 is 11.6 Å². The molecule has 0 amide bonds. The second-order valence-electron chi connectivity index (χ2n) is 5.04. The monoisotopic (exact) mass is 253 g/mol. The predicted molar refractivity (Wildman–Crippen MR) is 67.0 cm³/mol. The molecule has 0 atom stereocenters. The van der Waals surface area contributed by atoms with E-state index in [1.807, 2.05) is 13.0 Å². The molecule has 3 nitrogen and oxygen atoms in total. The van der Waals surface area contributed by atoms with Crippen molar-refractivity contribution in [1.29, 1.82) is 0 Å². The van der Waals surface area contributed by atoms with Gasteiger partial charge in [0.05, 0.1) is 5.02 Å². The van der Waals surface area contributed by atoms with Crippen LogP contribution < -0.4 is 15.2 Å². The molecule has 1 aromatic rings. The highest BCUT2D eigenvalue weighted by Crippen LogP contribution is 2.44. The van der Waals surface area contributed by atoms with Gasteiger partial charge in [-0.25, -0.2) is 0 Å². The maximum absolute atomic E-state index is 6.32. The number of ether oxygens (including phenoxy) is 2. The van der Waals surface area contributed by atoms with Gasteiger partial charge in [0.25, 0.3) is 0 Å². The van der Waals surface area contributed by atoms with Gasteiger partial charge in [0.2, 0.25) is 0 Å². The number of rotatable bonds is 2. The van der Waals surface area contributed by atoms with Crippen LogP contribution >= 0.6 is 11.6 Å². The van der Waals surface area contributed by atoms with Crippen molar-refractivity contribution in [1.82, 2.24) is 0 Å². The van der Waals surface area contributed by atoms with E-state index in [0.717, 1.165) is 30.6 Å². The topological polar surface area (TPSA) is 44.5 Å². The SMILES string of the molecule is Cc1c(CC2(N)CC2)cc2c(c1Cl)OCCO2. The first-order valence-electron chi connectivity index (χ1n) is 5.95. The Bertz CT molecular complexity index is 469. The predicted octanol–water partition coefficient (Wildman–Crippen LogP) is 2.45. The molecule has 2 N–H and O–H groups in total. The van der Waals surface area contributed by atoms with Crippen LogP contribution in [0.5, 0.6) is 11.5 Å². The van der Waals surface area contributed by atoms with Gasteiger partial charge in [0, 0.05) is 5.54 Å². The Morgan fingerprint density at radius 1 is 1.35 bits per heavy atom. The van der Waals surface area contributed by atoms with Crippen LogP contribution in [0, 0.1) is 6.92 Å². The van der Waals surface area contributed by atoms with E-state index in [0.29, 0.717) is 24.0 Å². The van der Waals surface area contributed by atoms with E-state index < -0.39 is 0 Å². The van der Waals surface area contributed by atoms with Gasteiger partial charge in [-0.3, -0.25) is 0 Å². The fourth-order valence-electron chi connectivity index (χ4n) is 2.19. The average Bonchev–Trinajstić information content (AvgIpc) is 3.04. The van der Waals surface area contributed by atoms with Gasteiger partial charge >= 0.3 is 0 Å². The van der Waals surface area contributed by atoms with Crippen molar-refractivity contribution < 1.29 is 9.47 Å². The fourth-order valence-corrected chi connectivity index (χ4v) is 2.46. The van der Waals surface area contributed by atoms with Crippen LogP contribution in [0.1, 0.15) is 24.0 Å². The number of nitrogens with two attached hydrogens (primary N) is 1. The first kappa shape index (κ1) is 11.2. The molecule has 1 fully saturated rings. The molecule has 1 aliphatic heterocycles. The molecule has 2 aliphatic rings. The molecule has 1 aliphatic carbocycles. The molecule has 0 spiro atoms. The van der Waals surface area contributed by atoms with E-state index in [1.54, 1.807) is 0 Å². The van der Waals surface area contributed by atoms with Gasteiger partial charge in [-0.05, 0) is 43.4 Å². The van der Waals surface area contributed by atoms with Gasteiger partial charge in [0.1, 0.15) is 13.2 Å². The number of halogens is 1. The number of benzene rings is 1. The number of hydrogen-bond acceptors (Lipinski definition) is 3. The second-order valence-corrected chi connectivity index (χ2v) is 5.42. The Hall–Kier alpha value is -0.930. The van der Waals surface area contributed by atoms with Crippen LogP contribution in [0.15, 0.2) is 6.07 Å². The lowest BCUT2D eigenvalue weighted by Crippen LogP contribution is -2.25. The fraction of sp³-hybridized carbons (Fsp3) is 0.538. The van der Waals surface area contributed by atoms with E-state index in [9.17, 15) is 0 Å². The van der Waals surface area contributed by atoms with E-state index in [4.69, 9.17) is 26.8 Å². The van der Waals surface area contributed by atoms with Gasteiger partial charge in [-0.2, -0.15) is 0 Å². The van der Waals surface area contributed by atoms with Crippen LogP contribution in [0.25, 0.3) is 0 Å². The summed E-state index contributed by atoms with van der Waals surface area (Å²) in [5, 5.41) is 0.668. The van der Waals surface area contributed by atoms with Crippen molar-refractivity contribution in [3.8, 4) is 11.5 Å². The normalized spacial score (nSPS) is 20.2. The van der Waals surface area contributed by atoms with Gasteiger partial charge in [-0.15, -0.1) is 0 Å².